The van der Waals surface area contributed by atoms with Crippen molar-refractivity contribution in [3.05, 3.63) is 119 Å². The Bertz CT molecular complexity index is 1610. The van der Waals surface area contributed by atoms with E-state index in [1.165, 1.54) is 24.3 Å². The number of hydrogen-bond donors (Lipinski definition) is 0. The van der Waals surface area contributed by atoms with Crippen LogP contribution in [0.4, 0.5) is 0 Å². The van der Waals surface area contributed by atoms with Gasteiger partial charge in [0.1, 0.15) is 11.2 Å². The van der Waals surface area contributed by atoms with Crippen molar-refractivity contribution in [3.8, 4) is 0 Å². The van der Waals surface area contributed by atoms with E-state index in [0.29, 0.717) is 29.1 Å². The summed E-state index contributed by atoms with van der Waals surface area (Å²) < 4.78 is 43.8. The Morgan fingerprint density at radius 3 is 1.64 bits per heavy atom. The van der Waals surface area contributed by atoms with Crippen molar-refractivity contribution in [1.82, 2.24) is 0 Å². The minimum atomic E-state index is -4.09. The molecule has 0 saturated carbocycles. The zero-order valence-corrected chi connectivity index (χ0v) is 19.8. The molecule has 9 heteroatoms. The average molecular weight is 574 g/mol. The Labute approximate surface area is 195 Å². The van der Waals surface area contributed by atoms with Gasteiger partial charge >= 0.3 is 41.6 Å². The lowest BCUT2D eigenvalue weighted by atomic mass is 10.2. The normalized spacial score (nSPS) is 11.9. The van der Waals surface area contributed by atoms with Crippen molar-refractivity contribution >= 4 is 32.1 Å². The first-order valence-electron chi connectivity index (χ1n) is 9.67. The summed E-state index contributed by atoms with van der Waals surface area (Å²) in [6, 6.07) is 24.1. The SMILES string of the molecule is O=c1ccc2ccc([I+](OS(=O)(=O)c3ccccc3)c3ccc4ccc(=O)oc4c3)cc2o1. The van der Waals surface area contributed by atoms with Crippen molar-refractivity contribution in [2.75, 3.05) is 0 Å². The lowest BCUT2D eigenvalue weighted by Crippen LogP contribution is -3.85. The van der Waals surface area contributed by atoms with Gasteiger partial charge < -0.3 is 8.83 Å². The Morgan fingerprint density at radius 2 is 1.12 bits per heavy atom. The third-order valence-electron chi connectivity index (χ3n) is 4.74. The van der Waals surface area contributed by atoms with E-state index in [2.05, 4.69) is 0 Å². The van der Waals surface area contributed by atoms with Gasteiger partial charge in [-0.05, 0) is 51.0 Å². The molecule has 165 valence electrons. The van der Waals surface area contributed by atoms with Crippen LogP contribution in [0.25, 0.3) is 21.9 Å². The van der Waals surface area contributed by atoms with Gasteiger partial charge in [0.25, 0.3) is 0 Å². The maximum atomic E-state index is 13.1. The predicted octanol–water partition coefficient (Wildman–Crippen LogP) is 0.884. The molecule has 0 spiro atoms. The molecule has 0 unspecified atom stereocenters. The Hall–Kier alpha value is -3.28. The molecule has 0 aliphatic rings. The van der Waals surface area contributed by atoms with Gasteiger partial charge in [0.15, 0.2) is 7.14 Å². The molecule has 3 aromatic carbocycles. The number of rotatable bonds is 5. The average Bonchev–Trinajstić information content (AvgIpc) is 2.82. The van der Waals surface area contributed by atoms with E-state index in [9.17, 15) is 18.0 Å². The molecular formula is C24H15IO7S+. The van der Waals surface area contributed by atoms with Gasteiger partial charge in [-0.15, -0.1) is 0 Å². The third-order valence-corrected chi connectivity index (χ3v) is 12.0. The van der Waals surface area contributed by atoms with Crippen LogP contribution in [-0.2, 0) is 12.6 Å². The van der Waals surface area contributed by atoms with Crippen LogP contribution in [0.1, 0.15) is 0 Å². The second-order valence-electron chi connectivity index (χ2n) is 6.95. The minimum Gasteiger partial charge on any atom is -0.423 e. The van der Waals surface area contributed by atoms with Crippen LogP contribution >= 0.6 is 0 Å². The lowest BCUT2D eigenvalue weighted by Gasteiger charge is -2.07. The molecule has 5 rings (SSSR count). The van der Waals surface area contributed by atoms with Crippen molar-refractivity contribution in [1.29, 1.82) is 0 Å². The van der Waals surface area contributed by atoms with Crippen LogP contribution < -0.4 is 31.5 Å². The van der Waals surface area contributed by atoms with Gasteiger partial charge in [-0.3, -0.25) is 0 Å². The van der Waals surface area contributed by atoms with Gasteiger partial charge in [0.2, 0.25) is 0 Å². The molecule has 0 aliphatic carbocycles. The van der Waals surface area contributed by atoms with Gasteiger partial charge in [-0.2, -0.15) is 8.42 Å². The van der Waals surface area contributed by atoms with Crippen LogP contribution in [0.15, 0.2) is 114 Å². The van der Waals surface area contributed by atoms with E-state index in [4.69, 9.17) is 11.3 Å². The van der Waals surface area contributed by atoms with E-state index >= 15 is 0 Å². The molecular weight excluding hydrogens is 559 g/mol. The molecule has 0 amide bonds. The highest BCUT2D eigenvalue weighted by Gasteiger charge is 2.38. The number of benzene rings is 3. The standard InChI is InChI=1S/C24H15IO7S/c26-23-12-8-16-6-10-18(14-21(16)30-23)25(32-33(28,29)20-4-2-1-3-5-20)19-11-7-17-9-13-24(27)31-22(17)15-19/h1-15H/q+1. The molecule has 33 heavy (non-hydrogen) atoms. The van der Waals surface area contributed by atoms with Crippen molar-refractivity contribution in [2.45, 2.75) is 4.90 Å². The predicted molar refractivity (Wildman–Crippen MR) is 117 cm³/mol. The Morgan fingerprint density at radius 1 is 0.636 bits per heavy atom. The number of fused-ring (bicyclic) bond motifs is 2. The molecule has 5 aromatic rings. The van der Waals surface area contributed by atoms with Gasteiger partial charge in [-0.1, -0.05) is 18.2 Å². The molecule has 2 aromatic heterocycles. The monoisotopic (exact) mass is 574 g/mol. The van der Waals surface area contributed by atoms with Gasteiger partial charge in [0, 0.05) is 35.0 Å². The number of hydrogen-bond acceptors (Lipinski definition) is 7. The fourth-order valence-corrected chi connectivity index (χ4v) is 10.2. The summed E-state index contributed by atoms with van der Waals surface area (Å²) >= 11 is -3.13. The van der Waals surface area contributed by atoms with Crippen LogP contribution in [0.3, 0.4) is 0 Å². The summed E-state index contributed by atoms with van der Waals surface area (Å²) in [5.41, 5.74) is -0.360. The molecule has 0 fully saturated rings. The first kappa shape index (κ1) is 21.6. The second-order valence-corrected chi connectivity index (χ2v) is 13.4. The first-order chi connectivity index (χ1) is 15.9. The van der Waals surface area contributed by atoms with Crippen LogP contribution in [0.5, 0.6) is 0 Å². The Balaban J connectivity index is 1.68. The van der Waals surface area contributed by atoms with Gasteiger partial charge in [-0.25, -0.2) is 9.59 Å². The zero-order chi connectivity index (χ0) is 23.0. The fraction of sp³-hybridized carbons (Fsp3) is 0. The summed E-state index contributed by atoms with van der Waals surface area (Å²) in [6.07, 6.45) is 0. The van der Waals surface area contributed by atoms with Gasteiger partial charge in [0.05, 0.1) is 4.90 Å². The summed E-state index contributed by atoms with van der Waals surface area (Å²) in [4.78, 5) is 23.4. The molecule has 2 heterocycles. The van der Waals surface area contributed by atoms with Crippen LogP contribution in [0.2, 0.25) is 0 Å². The maximum absolute atomic E-state index is 13.1. The summed E-state index contributed by atoms with van der Waals surface area (Å²) in [6.45, 7) is 0. The number of halogens is 1. The second kappa shape index (κ2) is 8.58. The highest BCUT2D eigenvalue weighted by molar-refractivity contribution is 7.86. The molecule has 7 nitrogen and oxygen atoms in total. The zero-order valence-electron chi connectivity index (χ0n) is 16.8. The summed E-state index contributed by atoms with van der Waals surface area (Å²) in [5, 5.41) is 1.40. The van der Waals surface area contributed by atoms with E-state index in [1.807, 2.05) is 0 Å². The highest BCUT2D eigenvalue weighted by atomic mass is 127. The first-order valence-corrected chi connectivity index (χ1v) is 14.1. The van der Waals surface area contributed by atoms with Crippen LogP contribution in [0, 0.1) is 7.14 Å². The molecule has 0 saturated heterocycles. The van der Waals surface area contributed by atoms with Crippen LogP contribution in [-0.4, -0.2) is 8.42 Å². The maximum Gasteiger partial charge on any atom is 0.336 e. The van der Waals surface area contributed by atoms with E-state index in [0.717, 1.165) is 0 Å². The van der Waals surface area contributed by atoms with E-state index in [1.54, 1.807) is 66.7 Å². The third kappa shape index (κ3) is 4.47. The summed E-state index contributed by atoms with van der Waals surface area (Å²) in [5.74, 6) is 0. The van der Waals surface area contributed by atoms with Crippen molar-refractivity contribution in [3.63, 3.8) is 0 Å². The Kier molecular flexibility index (Phi) is 5.60. The highest BCUT2D eigenvalue weighted by Crippen LogP contribution is 2.13. The van der Waals surface area contributed by atoms with Crippen molar-refractivity contribution in [2.24, 2.45) is 0 Å². The lowest BCUT2D eigenvalue weighted by molar-refractivity contribution is -1.03. The largest absolute Gasteiger partial charge is 0.423 e. The van der Waals surface area contributed by atoms with Crippen molar-refractivity contribution < 1.29 is 40.0 Å². The quantitative estimate of drug-likeness (QED) is 0.227. The summed E-state index contributed by atoms with van der Waals surface area (Å²) in [7, 11) is -4.09. The van der Waals surface area contributed by atoms with E-state index < -0.39 is 41.6 Å². The van der Waals surface area contributed by atoms with E-state index in [-0.39, 0.29) is 4.90 Å². The molecule has 1 radical (unpaired) electrons. The molecule has 0 aliphatic heterocycles. The minimum absolute atomic E-state index is 0.0342. The molecule has 0 N–H and O–H groups in total. The smallest absolute Gasteiger partial charge is 0.336 e. The molecule has 0 bridgehead atoms. The fourth-order valence-electron chi connectivity index (χ4n) is 3.19. The topological polar surface area (TPSA) is 104 Å². The molecule has 0 atom stereocenters.